The molecule has 1 aromatic heterocycles. The van der Waals surface area contributed by atoms with Crippen LogP contribution in [0.25, 0.3) is 0 Å². The van der Waals surface area contributed by atoms with Gasteiger partial charge in [-0.1, -0.05) is 11.8 Å². The van der Waals surface area contributed by atoms with E-state index in [0.29, 0.717) is 19.2 Å². The summed E-state index contributed by atoms with van der Waals surface area (Å²) in [6.07, 6.45) is 0.683. The molecule has 0 bridgehead atoms. The first kappa shape index (κ1) is 14.3. The fourth-order valence-electron chi connectivity index (χ4n) is 1.28. The van der Waals surface area contributed by atoms with Crippen molar-refractivity contribution in [1.29, 1.82) is 0 Å². The molecular weight excluding hydrogens is 240 g/mol. The van der Waals surface area contributed by atoms with Crippen LogP contribution in [0.5, 0.6) is 0 Å². The monoisotopic (exact) mass is 260 g/mol. The van der Waals surface area contributed by atoms with Crippen LogP contribution in [-0.4, -0.2) is 40.0 Å². The van der Waals surface area contributed by atoms with E-state index < -0.39 is 0 Å². The first-order chi connectivity index (χ1) is 8.19. The van der Waals surface area contributed by atoms with Gasteiger partial charge in [0, 0.05) is 32.4 Å². The number of ether oxygens (including phenoxy) is 2. The summed E-state index contributed by atoms with van der Waals surface area (Å²) in [5, 5.41) is 8.58. The summed E-state index contributed by atoms with van der Waals surface area (Å²) in [6.45, 7) is 5.24. The highest BCUT2D eigenvalue weighted by Gasteiger charge is 2.10. The van der Waals surface area contributed by atoms with E-state index in [9.17, 15) is 0 Å². The third kappa shape index (κ3) is 4.53. The maximum atomic E-state index is 5.59. The van der Waals surface area contributed by atoms with Crippen LogP contribution in [-0.2, 0) is 16.5 Å². The van der Waals surface area contributed by atoms with E-state index in [1.165, 1.54) is 0 Å². The van der Waals surface area contributed by atoms with Crippen LogP contribution in [0.2, 0.25) is 0 Å². The summed E-state index contributed by atoms with van der Waals surface area (Å²) < 4.78 is 12.7. The number of nitrogens with two attached hydrogens (primary N) is 1. The molecule has 0 saturated heterocycles. The second-order valence-electron chi connectivity index (χ2n) is 3.38. The average molecular weight is 260 g/mol. The summed E-state index contributed by atoms with van der Waals surface area (Å²) in [6, 6.07) is 0. The van der Waals surface area contributed by atoms with E-state index in [4.69, 9.17) is 15.2 Å². The van der Waals surface area contributed by atoms with Crippen molar-refractivity contribution in [3.63, 3.8) is 0 Å². The Labute approximate surface area is 106 Å². The second kappa shape index (κ2) is 7.52. The Balaban J connectivity index is 2.32. The molecule has 0 aliphatic heterocycles. The van der Waals surface area contributed by atoms with Crippen LogP contribution in [0.1, 0.15) is 20.3 Å². The molecule has 0 aromatic carbocycles. The Kier molecular flexibility index (Phi) is 6.31. The maximum absolute atomic E-state index is 5.59. The SMILES string of the molecule is CCOC(CCSc1nnc(N)n1C)OCC. The zero-order valence-electron chi connectivity index (χ0n) is 10.5. The molecule has 0 amide bonds. The average Bonchev–Trinajstić information content (AvgIpc) is 2.61. The predicted octanol–water partition coefficient (Wildman–Crippen LogP) is 1.28. The summed E-state index contributed by atoms with van der Waals surface area (Å²) >= 11 is 1.60. The fourth-order valence-corrected chi connectivity index (χ4v) is 2.16. The first-order valence-electron chi connectivity index (χ1n) is 5.69. The van der Waals surface area contributed by atoms with Crippen LogP contribution < -0.4 is 5.73 Å². The van der Waals surface area contributed by atoms with E-state index in [1.807, 2.05) is 20.9 Å². The molecule has 1 aromatic rings. The summed E-state index contributed by atoms with van der Waals surface area (Å²) in [5.41, 5.74) is 5.59. The Morgan fingerprint density at radius 3 is 2.41 bits per heavy atom. The highest BCUT2D eigenvalue weighted by atomic mass is 32.2. The molecule has 0 radical (unpaired) electrons. The van der Waals surface area contributed by atoms with Gasteiger partial charge in [-0.3, -0.25) is 4.57 Å². The normalized spacial score (nSPS) is 11.3. The lowest BCUT2D eigenvalue weighted by Crippen LogP contribution is -2.18. The van der Waals surface area contributed by atoms with Crippen molar-refractivity contribution >= 4 is 17.7 Å². The lowest BCUT2D eigenvalue weighted by Gasteiger charge is -2.16. The number of rotatable bonds is 8. The first-order valence-corrected chi connectivity index (χ1v) is 6.68. The molecule has 2 N–H and O–H groups in total. The third-order valence-corrected chi connectivity index (χ3v) is 3.21. The minimum atomic E-state index is -0.136. The Hall–Kier alpha value is -0.790. The number of thioether (sulfide) groups is 1. The van der Waals surface area contributed by atoms with Crippen molar-refractivity contribution < 1.29 is 9.47 Å². The van der Waals surface area contributed by atoms with Crippen LogP contribution in [0, 0.1) is 0 Å². The van der Waals surface area contributed by atoms with Crippen LogP contribution in [0.15, 0.2) is 5.16 Å². The molecular formula is C10H20N4O2S. The number of nitrogens with zero attached hydrogens (tertiary/aromatic N) is 3. The van der Waals surface area contributed by atoms with Gasteiger partial charge >= 0.3 is 0 Å². The second-order valence-corrected chi connectivity index (χ2v) is 4.44. The van der Waals surface area contributed by atoms with Gasteiger partial charge in [0.1, 0.15) is 0 Å². The molecule has 0 aliphatic rings. The van der Waals surface area contributed by atoms with Crippen molar-refractivity contribution in [1.82, 2.24) is 14.8 Å². The predicted molar refractivity (Wildman–Crippen MR) is 67.8 cm³/mol. The van der Waals surface area contributed by atoms with Crippen molar-refractivity contribution in [3.05, 3.63) is 0 Å². The van der Waals surface area contributed by atoms with Crippen molar-refractivity contribution in [2.75, 3.05) is 24.7 Å². The lowest BCUT2D eigenvalue weighted by atomic mass is 10.5. The maximum Gasteiger partial charge on any atom is 0.222 e. The van der Waals surface area contributed by atoms with Crippen LogP contribution >= 0.6 is 11.8 Å². The van der Waals surface area contributed by atoms with Gasteiger partial charge in [0.25, 0.3) is 0 Å². The van der Waals surface area contributed by atoms with Gasteiger partial charge < -0.3 is 15.2 Å². The molecule has 1 heterocycles. The standard InChI is InChI=1S/C10H20N4O2S/c1-4-15-8(16-5-2)6-7-17-10-13-12-9(11)14(10)3/h8H,4-7H2,1-3H3,(H2,11,12). The van der Waals surface area contributed by atoms with Gasteiger partial charge in [0.2, 0.25) is 5.95 Å². The van der Waals surface area contributed by atoms with E-state index in [1.54, 1.807) is 16.3 Å². The molecule has 6 nitrogen and oxygen atoms in total. The minimum Gasteiger partial charge on any atom is -0.368 e. The number of hydrogen-bond acceptors (Lipinski definition) is 6. The van der Waals surface area contributed by atoms with Crippen molar-refractivity contribution in [3.8, 4) is 0 Å². The topological polar surface area (TPSA) is 75.2 Å². The Bertz CT molecular complexity index is 326. The van der Waals surface area contributed by atoms with Crippen LogP contribution in [0.3, 0.4) is 0 Å². The number of hydrogen-bond donors (Lipinski definition) is 1. The quantitative estimate of drug-likeness (QED) is 0.560. The Morgan fingerprint density at radius 2 is 1.94 bits per heavy atom. The smallest absolute Gasteiger partial charge is 0.222 e. The van der Waals surface area contributed by atoms with Gasteiger partial charge in [-0.2, -0.15) is 0 Å². The fraction of sp³-hybridized carbons (Fsp3) is 0.800. The molecule has 98 valence electrons. The third-order valence-electron chi connectivity index (χ3n) is 2.16. The van der Waals surface area contributed by atoms with Gasteiger partial charge in [-0.25, -0.2) is 0 Å². The molecule has 0 saturated carbocycles. The molecule has 0 fully saturated rings. The summed E-state index contributed by atoms with van der Waals surface area (Å²) in [4.78, 5) is 0. The largest absolute Gasteiger partial charge is 0.368 e. The van der Waals surface area contributed by atoms with Gasteiger partial charge in [-0.15, -0.1) is 10.2 Å². The molecule has 0 unspecified atom stereocenters. The highest BCUT2D eigenvalue weighted by Crippen LogP contribution is 2.18. The zero-order valence-corrected chi connectivity index (χ0v) is 11.4. The lowest BCUT2D eigenvalue weighted by molar-refractivity contribution is -0.136. The molecule has 0 aliphatic carbocycles. The zero-order chi connectivity index (χ0) is 12.7. The Morgan fingerprint density at radius 1 is 1.29 bits per heavy atom. The summed E-state index contributed by atoms with van der Waals surface area (Å²) in [5.74, 6) is 1.29. The van der Waals surface area contributed by atoms with Crippen molar-refractivity contribution in [2.45, 2.75) is 31.7 Å². The van der Waals surface area contributed by atoms with E-state index in [0.717, 1.165) is 17.3 Å². The molecule has 17 heavy (non-hydrogen) atoms. The minimum absolute atomic E-state index is 0.136. The molecule has 1 rings (SSSR count). The van der Waals surface area contributed by atoms with E-state index in [2.05, 4.69) is 10.2 Å². The van der Waals surface area contributed by atoms with Gasteiger partial charge in [-0.05, 0) is 13.8 Å². The van der Waals surface area contributed by atoms with Gasteiger partial charge in [0.15, 0.2) is 11.4 Å². The molecule has 7 heteroatoms. The number of anilines is 1. The molecule has 0 atom stereocenters. The number of aromatic nitrogens is 3. The highest BCUT2D eigenvalue weighted by molar-refractivity contribution is 7.99. The van der Waals surface area contributed by atoms with E-state index in [-0.39, 0.29) is 6.29 Å². The number of nitrogen functional groups attached to an aromatic ring is 1. The van der Waals surface area contributed by atoms with E-state index >= 15 is 0 Å². The summed E-state index contributed by atoms with van der Waals surface area (Å²) in [7, 11) is 1.85. The van der Waals surface area contributed by atoms with Crippen molar-refractivity contribution in [2.24, 2.45) is 7.05 Å². The van der Waals surface area contributed by atoms with Gasteiger partial charge in [0.05, 0.1) is 0 Å². The van der Waals surface area contributed by atoms with Crippen LogP contribution in [0.4, 0.5) is 5.95 Å². The molecule has 0 spiro atoms.